The van der Waals surface area contributed by atoms with Gasteiger partial charge in [0.2, 0.25) is 0 Å². The van der Waals surface area contributed by atoms with E-state index in [4.69, 9.17) is 5.11 Å². The molecule has 0 aliphatic carbocycles. The monoisotopic (exact) mass is 275 g/mol. The fraction of sp³-hybridized carbons (Fsp3) is 0.400. The Labute approximate surface area is 117 Å². The summed E-state index contributed by atoms with van der Waals surface area (Å²) in [4.78, 5) is 2.21. The summed E-state index contributed by atoms with van der Waals surface area (Å²) in [5.74, 6) is 0.151. The number of halogens is 1. The average molecular weight is 275 g/mol. The third-order valence-corrected chi connectivity index (χ3v) is 3.86. The van der Waals surface area contributed by atoms with E-state index in [9.17, 15) is 4.39 Å². The maximum absolute atomic E-state index is 13.9. The predicted molar refractivity (Wildman–Crippen MR) is 73.4 cm³/mol. The zero-order valence-corrected chi connectivity index (χ0v) is 11.4. The summed E-state index contributed by atoms with van der Waals surface area (Å²) in [5, 5.41) is 16.3. The van der Waals surface area contributed by atoms with E-state index in [1.54, 1.807) is 12.1 Å². The van der Waals surface area contributed by atoms with Crippen LogP contribution in [-0.4, -0.2) is 26.7 Å². The van der Waals surface area contributed by atoms with Crippen molar-refractivity contribution in [2.45, 2.75) is 32.5 Å². The van der Waals surface area contributed by atoms with Gasteiger partial charge in [0.1, 0.15) is 5.82 Å². The molecule has 2 aromatic rings. The number of aromatic nitrogens is 2. The smallest absolute Gasteiger partial charge is 0.127 e. The van der Waals surface area contributed by atoms with Gasteiger partial charge < -0.3 is 5.11 Å². The van der Waals surface area contributed by atoms with Crippen LogP contribution in [0.5, 0.6) is 0 Å². The van der Waals surface area contributed by atoms with E-state index in [-0.39, 0.29) is 12.4 Å². The standard InChI is InChI=1S/C15H18FN3O/c1-10-6-19(8-13-5-17-18-15(10)13)7-12-4-11(9-20)2-3-14(12)16/h2-5,10,20H,6-9H2,1H3,(H,17,18). The summed E-state index contributed by atoms with van der Waals surface area (Å²) in [5.41, 5.74) is 3.75. The van der Waals surface area contributed by atoms with Crippen molar-refractivity contribution in [3.8, 4) is 0 Å². The highest BCUT2D eigenvalue weighted by atomic mass is 19.1. The van der Waals surface area contributed by atoms with E-state index in [1.807, 2.05) is 6.20 Å². The Morgan fingerprint density at radius 3 is 3.15 bits per heavy atom. The molecule has 2 heterocycles. The van der Waals surface area contributed by atoms with Crippen molar-refractivity contribution in [1.82, 2.24) is 15.1 Å². The number of rotatable bonds is 3. The van der Waals surface area contributed by atoms with Crippen LogP contribution in [0.25, 0.3) is 0 Å². The fourth-order valence-corrected chi connectivity index (χ4v) is 2.87. The molecule has 1 aliphatic heterocycles. The normalized spacial score (nSPS) is 19.1. The van der Waals surface area contributed by atoms with Crippen LogP contribution in [0.15, 0.2) is 24.4 Å². The van der Waals surface area contributed by atoms with Crippen LogP contribution in [0.3, 0.4) is 0 Å². The number of aliphatic hydroxyl groups is 1. The van der Waals surface area contributed by atoms with Crippen LogP contribution in [0.1, 0.15) is 35.2 Å². The van der Waals surface area contributed by atoms with Gasteiger partial charge >= 0.3 is 0 Å². The zero-order valence-electron chi connectivity index (χ0n) is 11.4. The van der Waals surface area contributed by atoms with Gasteiger partial charge in [-0.2, -0.15) is 5.10 Å². The van der Waals surface area contributed by atoms with Crippen LogP contribution in [-0.2, 0) is 19.7 Å². The van der Waals surface area contributed by atoms with Crippen LogP contribution in [0, 0.1) is 5.82 Å². The lowest BCUT2D eigenvalue weighted by Gasteiger charge is -2.30. The quantitative estimate of drug-likeness (QED) is 0.902. The van der Waals surface area contributed by atoms with E-state index in [2.05, 4.69) is 22.0 Å². The molecule has 1 unspecified atom stereocenters. The second kappa shape index (κ2) is 5.34. The molecule has 2 N–H and O–H groups in total. The maximum atomic E-state index is 13.9. The van der Waals surface area contributed by atoms with E-state index >= 15 is 0 Å². The van der Waals surface area contributed by atoms with Crippen molar-refractivity contribution in [2.24, 2.45) is 0 Å². The second-order valence-electron chi connectivity index (χ2n) is 5.46. The first-order valence-corrected chi connectivity index (χ1v) is 6.80. The lowest BCUT2D eigenvalue weighted by atomic mass is 9.98. The topological polar surface area (TPSA) is 52.1 Å². The number of aliphatic hydroxyl groups excluding tert-OH is 1. The Balaban J connectivity index is 1.79. The molecule has 3 rings (SSSR count). The molecular formula is C15H18FN3O. The van der Waals surface area contributed by atoms with E-state index in [1.165, 1.54) is 17.3 Å². The Kier molecular flexibility index (Phi) is 3.54. The number of fused-ring (bicyclic) bond motifs is 1. The number of nitrogens with zero attached hydrogens (tertiary/aromatic N) is 2. The number of aromatic amines is 1. The Bertz CT molecular complexity index is 611. The van der Waals surface area contributed by atoms with Crippen molar-refractivity contribution in [2.75, 3.05) is 6.54 Å². The van der Waals surface area contributed by atoms with Crippen LogP contribution >= 0.6 is 0 Å². The molecule has 0 amide bonds. The van der Waals surface area contributed by atoms with Crippen molar-refractivity contribution < 1.29 is 9.50 Å². The molecule has 0 saturated carbocycles. The molecule has 106 valence electrons. The first-order chi connectivity index (χ1) is 9.67. The average Bonchev–Trinajstić information content (AvgIpc) is 2.90. The molecule has 1 atom stereocenters. The largest absolute Gasteiger partial charge is 0.392 e. The molecule has 0 spiro atoms. The summed E-state index contributed by atoms with van der Waals surface area (Å²) >= 11 is 0. The van der Waals surface area contributed by atoms with Crippen LogP contribution in [0.4, 0.5) is 4.39 Å². The van der Waals surface area contributed by atoms with Gasteiger partial charge in [0.15, 0.2) is 0 Å². The molecule has 0 saturated heterocycles. The van der Waals surface area contributed by atoms with Gasteiger partial charge in [-0.05, 0) is 17.7 Å². The van der Waals surface area contributed by atoms with Crippen molar-refractivity contribution >= 4 is 0 Å². The van der Waals surface area contributed by atoms with Crippen molar-refractivity contribution in [3.63, 3.8) is 0 Å². The minimum atomic E-state index is -0.215. The Hall–Kier alpha value is -1.72. The zero-order chi connectivity index (χ0) is 14.1. The third-order valence-electron chi connectivity index (χ3n) is 3.86. The second-order valence-corrected chi connectivity index (χ2v) is 5.46. The van der Waals surface area contributed by atoms with Crippen LogP contribution in [0.2, 0.25) is 0 Å². The first-order valence-electron chi connectivity index (χ1n) is 6.80. The molecule has 0 radical (unpaired) electrons. The highest BCUT2D eigenvalue weighted by molar-refractivity contribution is 5.27. The van der Waals surface area contributed by atoms with E-state index in [0.29, 0.717) is 18.0 Å². The molecule has 0 fully saturated rings. The van der Waals surface area contributed by atoms with Gasteiger partial charge in [0.05, 0.1) is 12.8 Å². The molecule has 0 bridgehead atoms. The van der Waals surface area contributed by atoms with Crippen molar-refractivity contribution in [1.29, 1.82) is 0 Å². The van der Waals surface area contributed by atoms with Gasteiger partial charge in [-0.1, -0.05) is 13.0 Å². The van der Waals surface area contributed by atoms with Crippen molar-refractivity contribution in [3.05, 3.63) is 52.6 Å². The molecule has 20 heavy (non-hydrogen) atoms. The summed E-state index contributed by atoms with van der Waals surface area (Å²) in [6, 6.07) is 4.79. The molecule has 4 nitrogen and oxygen atoms in total. The first kappa shape index (κ1) is 13.3. The van der Waals surface area contributed by atoms with Gasteiger partial charge in [-0.15, -0.1) is 0 Å². The molecular weight excluding hydrogens is 257 g/mol. The lowest BCUT2D eigenvalue weighted by Crippen LogP contribution is -2.32. The fourth-order valence-electron chi connectivity index (χ4n) is 2.87. The number of hydrogen-bond acceptors (Lipinski definition) is 3. The minimum absolute atomic E-state index is 0.0600. The van der Waals surface area contributed by atoms with Gasteiger partial charge in [-0.3, -0.25) is 10.00 Å². The van der Waals surface area contributed by atoms with E-state index < -0.39 is 0 Å². The lowest BCUT2D eigenvalue weighted by molar-refractivity contribution is 0.222. The Morgan fingerprint density at radius 2 is 2.35 bits per heavy atom. The third kappa shape index (κ3) is 2.46. The summed E-state index contributed by atoms with van der Waals surface area (Å²) in [6.07, 6.45) is 1.85. The van der Waals surface area contributed by atoms with Gasteiger partial charge in [-0.25, -0.2) is 4.39 Å². The minimum Gasteiger partial charge on any atom is -0.392 e. The van der Waals surface area contributed by atoms with E-state index in [0.717, 1.165) is 18.7 Å². The van der Waals surface area contributed by atoms with Gasteiger partial charge in [0.25, 0.3) is 0 Å². The molecule has 5 heteroatoms. The Morgan fingerprint density at radius 1 is 1.50 bits per heavy atom. The van der Waals surface area contributed by atoms with Crippen LogP contribution < -0.4 is 0 Å². The number of H-pyrrole nitrogens is 1. The molecule has 1 aliphatic rings. The summed E-state index contributed by atoms with van der Waals surface area (Å²) in [6.45, 7) is 4.28. The number of benzene rings is 1. The number of nitrogens with one attached hydrogen (secondary N) is 1. The molecule has 1 aromatic carbocycles. The molecule has 1 aromatic heterocycles. The van der Waals surface area contributed by atoms with Gasteiger partial charge in [0, 0.05) is 42.4 Å². The predicted octanol–water partition coefficient (Wildman–Crippen LogP) is 2.16. The number of hydrogen-bond donors (Lipinski definition) is 2. The maximum Gasteiger partial charge on any atom is 0.127 e. The highest BCUT2D eigenvalue weighted by Crippen LogP contribution is 2.27. The summed E-state index contributed by atoms with van der Waals surface area (Å²) < 4.78 is 13.9. The SMILES string of the molecule is CC1CN(Cc2cc(CO)ccc2F)Cc2cn[nH]c21. The highest BCUT2D eigenvalue weighted by Gasteiger charge is 2.24. The summed E-state index contributed by atoms with van der Waals surface area (Å²) in [7, 11) is 0.